The largest absolute Gasteiger partial charge is 0.393 e. The first-order chi connectivity index (χ1) is 8.74. The highest BCUT2D eigenvalue weighted by molar-refractivity contribution is 4.91. The summed E-state index contributed by atoms with van der Waals surface area (Å²) in [5.41, 5.74) is 0. The molecule has 2 aliphatic carbocycles. The number of ether oxygens (including phenoxy) is 1. The smallest absolute Gasteiger partial charge is 0.0730 e. The van der Waals surface area contributed by atoms with E-state index < -0.39 is 0 Å². The zero-order valence-corrected chi connectivity index (χ0v) is 11.6. The molecule has 3 aliphatic rings. The van der Waals surface area contributed by atoms with E-state index in [-0.39, 0.29) is 6.10 Å². The standard InChI is InChI=1S/C15H27NO2/c1-11-5-6-14(17)12(9-11)10-16-7-8-18-15-4-2-3-13(15)16/h11-15,17H,2-10H2,1H3. The van der Waals surface area contributed by atoms with Gasteiger partial charge in [0, 0.05) is 19.1 Å². The first kappa shape index (κ1) is 12.9. The molecule has 5 unspecified atom stereocenters. The SMILES string of the molecule is CC1CCC(O)C(CN2CCOC3CCCC32)C1. The molecule has 0 spiro atoms. The fourth-order valence-corrected chi connectivity index (χ4v) is 4.21. The van der Waals surface area contributed by atoms with E-state index in [9.17, 15) is 5.11 Å². The molecule has 0 amide bonds. The normalized spacial score (nSPS) is 46.0. The lowest BCUT2D eigenvalue weighted by molar-refractivity contribution is -0.0722. The Balaban J connectivity index is 1.60. The third kappa shape index (κ3) is 2.59. The lowest BCUT2D eigenvalue weighted by atomic mass is 9.80. The van der Waals surface area contributed by atoms with Crippen LogP contribution in [0.2, 0.25) is 0 Å². The summed E-state index contributed by atoms with van der Waals surface area (Å²) >= 11 is 0. The number of hydrogen-bond donors (Lipinski definition) is 1. The highest BCUT2D eigenvalue weighted by Gasteiger charge is 2.38. The molecule has 3 rings (SSSR count). The Morgan fingerprint density at radius 2 is 2.11 bits per heavy atom. The van der Waals surface area contributed by atoms with E-state index in [0.29, 0.717) is 18.1 Å². The lowest BCUT2D eigenvalue weighted by Crippen LogP contribution is -2.51. The fourth-order valence-electron chi connectivity index (χ4n) is 4.21. The number of hydrogen-bond acceptors (Lipinski definition) is 3. The molecule has 1 N–H and O–H groups in total. The minimum absolute atomic E-state index is 0.0658. The zero-order valence-electron chi connectivity index (χ0n) is 11.6. The van der Waals surface area contributed by atoms with E-state index in [4.69, 9.17) is 4.74 Å². The van der Waals surface area contributed by atoms with Crippen molar-refractivity contribution in [2.75, 3.05) is 19.7 Å². The maximum atomic E-state index is 10.2. The van der Waals surface area contributed by atoms with Crippen LogP contribution in [0, 0.1) is 11.8 Å². The van der Waals surface area contributed by atoms with Crippen molar-refractivity contribution in [1.82, 2.24) is 4.90 Å². The lowest BCUT2D eigenvalue weighted by Gasteiger charge is -2.42. The van der Waals surface area contributed by atoms with Crippen LogP contribution in [0.1, 0.15) is 45.4 Å². The number of aliphatic hydroxyl groups is 1. The summed E-state index contributed by atoms with van der Waals surface area (Å²) < 4.78 is 5.87. The van der Waals surface area contributed by atoms with Crippen molar-refractivity contribution in [2.24, 2.45) is 11.8 Å². The molecule has 5 atom stereocenters. The number of fused-ring (bicyclic) bond motifs is 1. The van der Waals surface area contributed by atoms with Gasteiger partial charge in [0.25, 0.3) is 0 Å². The Morgan fingerprint density at radius 1 is 1.22 bits per heavy atom. The number of morpholine rings is 1. The van der Waals surface area contributed by atoms with Gasteiger partial charge in [-0.3, -0.25) is 4.90 Å². The minimum Gasteiger partial charge on any atom is -0.393 e. The summed E-state index contributed by atoms with van der Waals surface area (Å²) in [5.74, 6) is 1.28. The van der Waals surface area contributed by atoms with Crippen molar-refractivity contribution in [1.29, 1.82) is 0 Å². The Labute approximate surface area is 110 Å². The third-order valence-corrected chi connectivity index (χ3v) is 5.27. The second kappa shape index (κ2) is 5.48. The summed E-state index contributed by atoms with van der Waals surface area (Å²) in [5, 5.41) is 10.2. The summed E-state index contributed by atoms with van der Waals surface area (Å²) in [6.45, 7) is 5.38. The molecular formula is C15H27NO2. The molecule has 0 bridgehead atoms. The summed E-state index contributed by atoms with van der Waals surface area (Å²) in [6.07, 6.45) is 7.68. The van der Waals surface area contributed by atoms with Gasteiger partial charge in [-0.05, 0) is 50.4 Å². The number of aliphatic hydroxyl groups excluding tert-OH is 1. The first-order valence-electron chi connectivity index (χ1n) is 7.77. The van der Waals surface area contributed by atoms with E-state index in [1.807, 2.05) is 0 Å². The van der Waals surface area contributed by atoms with E-state index in [0.717, 1.165) is 32.0 Å². The zero-order chi connectivity index (χ0) is 12.5. The van der Waals surface area contributed by atoms with Crippen LogP contribution in [0.25, 0.3) is 0 Å². The Morgan fingerprint density at radius 3 is 3.00 bits per heavy atom. The van der Waals surface area contributed by atoms with Gasteiger partial charge in [0.1, 0.15) is 0 Å². The van der Waals surface area contributed by atoms with Crippen LogP contribution in [0.4, 0.5) is 0 Å². The molecule has 0 aromatic rings. The van der Waals surface area contributed by atoms with E-state index >= 15 is 0 Å². The van der Waals surface area contributed by atoms with Crippen LogP contribution >= 0.6 is 0 Å². The van der Waals surface area contributed by atoms with Crippen LogP contribution in [-0.2, 0) is 4.74 Å². The van der Waals surface area contributed by atoms with Gasteiger partial charge in [0.2, 0.25) is 0 Å². The van der Waals surface area contributed by atoms with Gasteiger partial charge in [-0.25, -0.2) is 0 Å². The van der Waals surface area contributed by atoms with Gasteiger partial charge >= 0.3 is 0 Å². The highest BCUT2D eigenvalue weighted by Crippen LogP contribution is 2.34. The quantitative estimate of drug-likeness (QED) is 0.817. The highest BCUT2D eigenvalue weighted by atomic mass is 16.5. The van der Waals surface area contributed by atoms with Crippen LogP contribution in [0.3, 0.4) is 0 Å². The van der Waals surface area contributed by atoms with Gasteiger partial charge in [-0.15, -0.1) is 0 Å². The molecule has 3 nitrogen and oxygen atoms in total. The monoisotopic (exact) mass is 253 g/mol. The molecule has 3 fully saturated rings. The Kier molecular flexibility index (Phi) is 3.92. The predicted octanol–water partition coefficient (Wildman–Crippen LogP) is 2.04. The second-order valence-corrected chi connectivity index (χ2v) is 6.65. The van der Waals surface area contributed by atoms with Crippen LogP contribution < -0.4 is 0 Å². The van der Waals surface area contributed by atoms with Crippen molar-refractivity contribution in [3.63, 3.8) is 0 Å². The topological polar surface area (TPSA) is 32.7 Å². The van der Waals surface area contributed by atoms with E-state index in [1.54, 1.807) is 0 Å². The summed E-state index contributed by atoms with van der Waals surface area (Å²) in [6, 6.07) is 0.642. The van der Waals surface area contributed by atoms with Gasteiger partial charge in [-0.2, -0.15) is 0 Å². The minimum atomic E-state index is -0.0658. The second-order valence-electron chi connectivity index (χ2n) is 6.65. The molecule has 1 heterocycles. The van der Waals surface area contributed by atoms with Crippen molar-refractivity contribution in [2.45, 2.75) is 63.7 Å². The molecule has 0 aromatic carbocycles. The van der Waals surface area contributed by atoms with Gasteiger partial charge < -0.3 is 9.84 Å². The molecule has 18 heavy (non-hydrogen) atoms. The molecule has 1 saturated heterocycles. The Bertz CT molecular complexity index is 284. The van der Waals surface area contributed by atoms with Gasteiger partial charge in [0.15, 0.2) is 0 Å². The van der Waals surface area contributed by atoms with Gasteiger partial charge in [-0.1, -0.05) is 6.92 Å². The average Bonchev–Trinajstić information content (AvgIpc) is 2.83. The molecule has 1 aliphatic heterocycles. The van der Waals surface area contributed by atoms with Crippen molar-refractivity contribution >= 4 is 0 Å². The maximum Gasteiger partial charge on any atom is 0.0730 e. The van der Waals surface area contributed by atoms with Crippen LogP contribution in [0.15, 0.2) is 0 Å². The number of rotatable bonds is 2. The third-order valence-electron chi connectivity index (χ3n) is 5.27. The van der Waals surface area contributed by atoms with E-state index in [1.165, 1.54) is 32.1 Å². The van der Waals surface area contributed by atoms with Crippen LogP contribution in [-0.4, -0.2) is 48.0 Å². The molecule has 3 heteroatoms. The molecule has 0 aromatic heterocycles. The molecular weight excluding hydrogens is 226 g/mol. The Hall–Kier alpha value is -0.120. The molecule has 2 saturated carbocycles. The predicted molar refractivity (Wildman–Crippen MR) is 71.5 cm³/mol. The van der Waals surface area contributed by atoms with Gasteiger partial charge in [0.05, 0.1) is 18.8 Å². The average molecular weight is 253 g/mol. The van der Waals surface area contributed by atoms with Crippen molar-refractivity contribution in [3.8, 4) is 0 Å². The molecule has 104 valence electrons. The number of nitrogens with zero attached hydrogens (tertiary/aromatic N) is 1. The molecule has 0 radical (unpaired) electrons. The van der Waals surface area contributed by atoms with Crippen molar-refractivity contribution in [3.05, 3.63) is 0 Å². The summed E-state index contributed by atoms with van der Waals surface area (Å²) in [7, 11) is 0. The maximum absolute atomic E-state index is 10.2. The van der Waals surface area contributed by atoms with Crippen molar-refractivity contribution < 1.29 is 9.84 Å². The first-order valence-corrected chi connectivity index (χ1v) is 7.77. The van der Waals surface area contributed by atoms with E-state index in [2.05, 4.69) is 11.8 Å². The van der Waals surface area contributed by atoms with Crippen LogP contribution in [0.5, 0.6) is 0 Å². The summed E-state index contributed by atoms with van der Waals surface area (Å²) in [4.78, 5) is 2.62. The fraction of sp³-hybridized carbons (Fsp3) is 1.00.